The van der Waals surface area contributed by atoms with Gasteiger partial charge in [-0.1, -0.05) is 11.8 Å². The zero-order valence-corrected chi connectivity index (χ0v) is 10.1. The molecular formula is C8H17N5O2S. The average molecular weight is 247 g/mol. The summed E-state index contributed by atoms with van der Waals surface area (Å²) in [6.07, 6.45) is 0. The van der Waals surface area contributed by atoms with Crippen molar-refractivity contribution in [2.45, 2.75) is 11.7 Å². The van der Waals surface area contributed by atoms with Crippen molar-refractivity contribution >= 4 is 11.8 Å². The Balaban J connectivity index is 2.22. The standard InChI is InChI=1S/C8H17N5O2S/c1-9-2-3-13-8(10-11-12-13)16-7-6-15-5-4-14/h9,14H,2-7H2,1H3. The number of hydrogen-bond donors (Lipinski definition) is 2. The number of aliphatic hydroxyl groups is 1. The van der Waals surface area contributed by atoms with Gasteiger partial charge in [0.05, 0.1) is 26.4 Å². The molecule has 7 nitrogen and oxygen atoms in total. The number of thioether (sulfide) groups is 1. The minimum atomic E-state index is 0.0601. The van der Waals surface area contributed by atoms with Crippen molar-refractivity contribution < 1.29 is 9.84 Å². The summed E-state index contributed by atoms with van der Waals surface area (Å²) < 4.78 is 6.90. The van der Waals surface area contributed by atoms with E-state index in [-0.39, 0.29) is 6.61 Å². The predicted octanol–water partition coefficient (Wildman–Crippen LogP) is -1.01. The Hall–Kier alpha value is -0.700. The van der Waals surface area contributed by atoms with E-state index in [1.807, 2.05) is 7.05 Å². The van der Waals surface area contributed by atoms with Crippen LogP contribution in [0.5, 0.6) is 0 Å². The van der Waals surface area contributed by atoms with Crippen LogP contribution in [0.3, 0.4) is 0 Å². The zero-order chi connectivity index (χ0) is 11.6. The van der Waals surface area contributed by atoms with Gasteiger partial charge in [-0.05, 0) is 17.5 Å². The lowest BCUT2D eigenvalue weighted by atomic mass is 10.6. The maximum absolute atomic E-state index is 8.52. The number of rotatable bonds is 9. The lowest BCUT2D eigenvalue weighted by molar-refractivity contribution is 0.103. The smallest absolute Gasteiger partial charge is 0.209 e. The normalized spacial score (nSPS) is 10.9. The van der Waals surface area contributed by atoms with Gasteiger partial charge in [-0.15, -0.1) is 5.10 Å². The number of aromatic nitrogens is 4. The predicted molar refractivity (Wildman–Crippen MR) is 60.4 cm³/mol. The van der Waals surface area contributed by atoms with Gasteiger partial charge in [0.25, 0.3) is 0 Å². The second-order valence-corrected chi connectivity index (χ2v) is 4.03. The molecule has 1 rings (SSSR count). The van der Waals surface area contributed by atoms with Gasteiger partial charge in [-0.2, -0.15) is 0 Å². The number of nitrogens with zero attached hydrogens (tertiary/aromatic N) is 4. The number of hydrogen-bond acceptors (Lipinski definition) is 7. The highest BCUT2D eigenvalue weighted by Crippen LogP contribution is 2.12. The Bertz CT molecular complexity index is 283. The first-order valence-corrected chi connectivity index (χ1v) is 6.09. The minimum absolute atomic E-state index is 0.0601. The van der Waals surface area contributed by atoms with E-state index in [9.17, 15) is 0 Å². The first-order chi connectivity index (χ1) is 7.88. The molecule has 0 aliphatic rings. The molecule has 1 aromatic heterocycles. The van der Waals surface area contributed by atoms with Crippen molar-refractivity contribution in [2.24, 2.45) is 0 Å². The number of aliphatic hydroxyl groups excluding tert-OH is 1. The van der Waals surface area contributed by atoms with Gasteiger partial charge >= 0.3 is 0 Å². The highest BCUT2D eigenvalue weighted by atomic mass is 32.2. The fourth-order valence-electron chi connectivity index (χ4n) is 1.02. The number of nitrogens with one attached hydrogen (secondary N) is 1. The molecule has 2 N–H and O–H groups in total. The maximum Gasteiger partial charge on any atom is 0.209 e. The van der Waals surface area contributed by atoms with Crippen LogP contribution in [0.1, 0.15) is 0 Å². The molecule has 0 saturated heterocycles. The van der Waals surface area contributed by atoms with Gasteiger partial charge in [0.15, 0.2) is 0 Å². The van der Waals surface area contributed by atoms with Crippen LogP contribution < -0.4 is 5.32 Å². The summed E-state index contributed by atoms with van der Waals surface area (Å²) in [4.78, 5) is 0. The summed E-state index contributed by atoms with van der Waals surface area (Å²) in [5.41, 5.74) is 0. The Labute approximate surface area is 98.6 Å². The average Bonchev–Trinajstić information content (AvgIpc) is 2.74. The second-order valence-electron chi connectivity index (χ2n) is 2.97. The number of ether oxygens (including phenoxy) is 1. The highest BCUT2D eigenvalue weighted by molar-refractivity contribution is 7.99. The molecule has 0 spiro atoms. The highest BCUT2D eigenvalue weighted by Gasteiger charge is 2.05. The van der Waals surface area contributed by atoms with E-state index in [0.717, 1.165) is 24.0 Å². The Morgan fingerprint density at radius 2 is 2.38 bits per heavy atom. The van der Waals surface area contributed by atoms with Crippen LogP contribution in [0, 0.1) is 0 Å². The van der Waals surface area contributed by atoms with Gasteiger partial charge < -0.3 is 15.2 Å². The van der Waals surface area contributed by atoms with Gasteiger partial charge in [-0.3, -0.25) is 0 Å². The molecule has 92 valence electrons. The molecule has 0 saturated carbocycles. The summed E-state index contributed by atoms with van der Waals surface area (Å²) in [5.74, 6) is 0.778. The molecule has 0 aromatic carbocycles. The van der Waals surface area contributed by atoms with Crippen LogP contribution in [0.2, 0.25) is 0 Å². The van der Waals surface area contributed by atoms with Crippen molar-refractivity contribution in [3.05, 3.63) is 0 Å². The molecule has 0 unspecified atom stereocenters. The van der Waals surface area contributed by atoms with E-state index in [1.54, 1.807) is 16.4 Å². The lowest BCUT2D eigenvalue weighted by Gasteiger charge is -2.03. The van der Waals surface area contributed by atoms with Crippen molar-refractivity contribution in [2.75, 3.05) is 39.2 Å². The van der Waals surface area contributed by atoms with Crippen LogP contribution >= 0.6 is 11.8 Å². The number of likely N-dealkylation sites (N-methyl/N-ethyl adjacent to an activating group) is 1. The SMILES string of the molecule is CNCCn1nnnc1SCCOCCO. The molecule has 0 bridgehead atoms. The van der Waals surface area contributed by atoms with E-state index in [2.05, 4.69) is 20.8 Å². The van der Waals surface area contributed by atoms with Crippen LogP contribution in [0.25, 0.3) is 0 Å². The summed E-state index contributed by atoms with van der Waals surface area (Å²) in [5, 5.41) is 23.8. The quantitative estimate of drug-likeness (QED) is 0.427. The Kier molecular flexibility index (Phi) is 7.06. The van der Waals surface area contributed by atoms with Gasteiger partial charge in [0.2, 0.25) is 5.16 Å². The van der Waals surface area contributed by atoms with Crippen LogP contribution in [-0.2, 0) is 11.3 Å². The molecule has 1 heterocycles. The molecule has 8 heteroatoms. The molecule has 0 aliphatic carbocycles. The topological polar surface area (TPSA) is 85.1 Å². The maximum atomic E-state index is 8.52. The largest absolute Gasteiger partial charge is 0.394 e. The summed E-state index contributed by atoms with van der Waals surface area (Å²) in [7, 11) is 1.89. The van der Waals surface area contributed by atoms with Crippen LogP contribution in [-0.4, -0.2) is 64.5 Å². The lowest BCUT2D eigenvalue weighted by Crippen LogP contribution is -2.16. The molecule has 16 heavy (non-hydrogen) atoms. The van der Waals surface area contributed by atoms with E-state index in [1.165, 1.54) is 0 Å². The first-order valence-electron chi connectivity index (χ1n) is 5.10. The van der Waals surface area contributed by atoms with Crippen molar-refractivity contribution in [3.63, 3.8) is 0 Å². The van der Waals surface area contributed by atoms with Crippen LogP contribution in [0.15, 0.2) is 5.16 Å². The fourth-order valence-corrected chi connectivity index (χ4v) is 1.77. The van der Waals surface area contributed by atoms with Crippen molar-refractivity contribution in [3.8, 4) is 0 Å². The summed E-state index contributed by atoms with van der Waals surface area (Å²) in [6, 6.07) is 0. The van der Waals surface area contributed by atoms with Crippen molar-refractivity contribution in [1.82, 2.24) is 25.5 Å². The van der Waals surface area contributed by atoms with E-state index in [4.69, 9.17) is 9.84 Å². The molecule has 0 aliphatic heterocycles. The van der Waals surface area contributed by atoms with Crippen molar-refractivity contribution in [1.29, 1.82) is 0 Å². The van der Waals surface area contributed by atoms with Gasteiger partial charge in [0, 0.05) is 12.3 Å². The summed E-state index contributed by atoms with van der Waals surface area (Å²) in [6.45, 7) is 2.61. The third-order valence-electron chi connectivity index (χ3n) is 1.77. The minimum Gasteiger partial charge on any atom is -0.394 e. The Morgan fingerprint density at radius 3 is 3.12 bits per heavy atom. The van der Waals surface area contributed by atoms with E-state index in [0.29, 0.717) is 13.2 Å². The Morgan fingerprint density at radius 1 is 1.50 bits per heavy atom. The monoisotopic (exact) mass is 247 g/mol. The number of tetrazole rings is 1. The molecule has 0 amide bonds. The van der Waals surface area contributed by atoms with Crippen LogP contribution in [0.4, 0.5) is 0 Å². The molecule has 0 radical (unpaired) electrons. The zero-order valence-electron chi connectivity index (χ0n) is 9.30. The third kappa shape index (κ3) is 4.88. The third-order valence-corrected chi connectivity index (χ3v) is 2.69. The van der Waals surface area contributed by atoms with E-state index >= 15 is 0 Å². The molecule has 0 atom stereocenters. The van der Waals surface area contributed by atoms with Gasteiger partial charge in [-0.25, -0.2) is 4.68 Å². The molecule has 0 fully saturated rings. The molecule has 1 aromatic rings. The molecular weight excluding hydrogens is 230 g/mol. The first kappa shape index (κ1) is 13.4. The van der Waals surface area contributed by atoms with Gasteiger partial charge in [0.1, 0.15) is 0 Å². The van der Waals surface area contributed by atoms with E-state index < -0.39 is 0 Å². The fraction of sp³-hybridized carbons (Fsp3) is 0.875. The summed E-state index contributed by atoms with van der Waals surface area (Å²) >= 11 is 1.55. The second kappa shape index (κ2) is 8.45.